The smallest absolute Gasteiger partial charge is 0.260 e. The predicted octanol–water partition coefficient (Wildman–Crippen LogP) is 3.79. The fraction of sp³-hybridized carbons (Fsp3) is 0.316. The SMILES string of the molecule is CCCC(C)Nc1nc(-c2cc(OC)ccc2F)c2c(N)c(C(N)=O)sc2n1. The molecule has 0 saturated carbocycles. The highest BCUT2D eigenvalue weighted by Crippen LogP contribution is 2.40. The standard InChI is InChI=1S/C19H22FN5O2S/c1-4-5-9(2)23-19-24-15(11-8-10(27-3)6-7-12(11)20)13-14(21)16(17(22)26)28-18(13)25-19/h6-9H,4-5,21H2,1-3H3,(H2,22,26)(H,23,24,25). The molecule has 0 fully saturated rings. The highest BCUT2D eigenvalue weighted by atomic mass is 32.1. The molecule has 9 heteroatoms. The van der Waals surface area contributed by atoms with E-state index in [2.05, 4.69) is 22.2 Å². The van der Waals surface area contributed by atoms with Crippen molar-refractivity contribution in [2.24, 2.45) is 5.73 Å². The van der Waals surface area contributed by atoms with Crippen LogP contribution in [0.2, 0.25) is 0 Å². The van der Waals surface area contributed by atoms with E-state index in [1.807, 2.05) is 6.92 Å². The van der Waals surface area contributed by atoms with Gasteiger partial charge in [0, 0.05) is 11.6 Å². The van der Waals surface area contributed by atoms with Crippen LogP contribution in [0.1, 0.15) is 36.4 Å². The van der Waals surface area contributed by atoms with Crippen molar-refractivity contribution in [2.75, 3.05) is 18.2 Å². The number of nitrogens with one attached hydrogen (secondary N) is 1. The molecule has 2 aromatic heterocycles. The number of nitrogen functional groups attached to an aromatic ring is 1. The van der Waals surface area contributed by atoms with Crippen LogP contribution < -0.4 is 21.5 Å². The van der Waals surface area contributed by atoms with Gasteiger partial charge >= 0.3 is 0 Å². The molecule has 148 valence electrons. The molecule has 0 bridgehead atoms. The highest BCUT2D eigenvalue weighted by molar-refractivity contribution is 7.21. The van der Waals surface area contributed by atoms with Gasteiger partial charge in [-0.15, -0.1) is 11.3 Å². The van der Waals surface area contributed by atoms with Gasteiger partial charge in [0.25, 0.3) is 5.91 Å². The average Bonchev–Trinajstić information content (AvgIpc) is 2.98. The molecule has 28 heavy (non-hydrogen) atoms. The van der Waals surface area contributed by atoms with Gasteiger partial charge in [-0.05, 0) is 31.5 Å². The Balaban J connectivity index is 2.27. The van der Waals surface area contributed by atoms with Crippen LogP contribution in [0.25, 0.3) is 21.5 Å². The zero-order valence-corrected chi connectivity index (χ0v) is 16.7. The number of primary amides is 1. The summed E-state index contributed by atoms with van der Waals surface area (Å²) in [7, 11) is 1.50. The van der Waals surface area contributed by atoms with Gasteiger partial charge in [-0.2, -0.15) is 0 Å². The number of halogens is 1. The Bertz CT molecular complexity index is 1040. The number of rotatable bonds is 7. The molecule has 0 aliphatic rings. The number of carbonyl (C=O) groups excluding carboxylic acids is 1. The third-order valence-electron chi connectivity index (χ3n) is 4.34. The third kappa shape index (κ3) is 3.70. The third-order valence-corrected chi connectivity index (χ3v) is 5.45. The first-order valence-electron chi connectivity index (χ1n) is 8.85. The molecule has 1 amide bonds. The van der Waals surface area contributed by atoms with Gasteiger partial charge in [0.2, 0.25) is 5.95 Å². The number of hydrogen-bond acceptors (Lipinski definition) is 7. The predicted molar refractivity (Wildman–Crippen MR) is 110 cm³/mol. The van der Waals surface area contributed by atoms with Gasteiger partial charge in [-0.3, -0.25) is 4.79 Å². The topological polar surface area (TPSA) is 116 Å². The maximum absolute atomic E-state index is 14.7. The van der Waals surface area contributed by atoms with Crippen molar-refractivity contribution in [2.45, 2.75) is 32.7 Å². The normalized spacial score (nSPS) is 12.1. The zero-order chi connectivity index (χ0) is 20.4. The monoisotopic (exact) mass is 403 g/mol. The maximum Gasteiger partial charge on any atom is 0.260 e. The summed E-state index contributed by atoms with van der Waals surface area (Å²) < 4.78 is 19.9. The molecule has 0 spiro atoms. The number of anilines is 2. The summed E-state index contributed by atoms with van der Waals surface area (Å²) in [5, 5.41) is 3.63. The molecule has 3 aromatic rings. The second kappa shape index (κ2) is 7.97. The van der Waals surface area contributed by atoms with Gasteiger partial charge in [0.05, 0.1) is 23.9 Å². The van der Waals surface area contributed by atoms with Crippen LogP contribution >= 0.6 is 11.3 Å². The molecular weight excluding hydrogens is 381 g/mol. The van der Waals surface area contributed by atoms with Gasteiger partial charge in [0.1, 0.15) is 21.3 Å². The number of carbonyl (C=O) groups is 1. The van der Waals surface area contributed by atoms with E-state index in [1.54, 1.807) is 0 Å². The van der Waals surface area contributed by atoms with Gasteiger partial charge in [-0.25, -0.2) is 14.4 Å². The quantitative estimate of drug-likeness (QED) is 0.553. The molecule has 0 saturated heterocycles. The lowest BCUT2D eigenvalue weighted by Crippen LogP contribution is -2.16. The first-order chi connectivity index (χ1) is 13.3. The van der Waals surface area contributed by atoms with Crippen molar-refractivity contribution >= 4 is 39.1 Å². The molecule has 0 aliphatic carbocycles. The Kier molecular flexibility index (Phi) is 5.64. The second-order valence-corrected chi connectivity index (χ2v) is 7.46. The van der Waals surface area contributed by atoms with Gasteiger partial charge in [-0.1, -0.05) is 13.3 Å². The first kappa shape index (κ1) is 19.8. The maximum atomic E-state index is 14.7. The lowest BCUT2D eigenvalue weighted by atomic mass is 10.1. The summed E-state index contributed by atoms with van der Waals surface area (Å²) in [5.74, 6) is -0.338. The van der Waals surface area contributed by atoms with Crippen molar-refractivity contribution in [1.82, 2.24) is 9.97 Å². The number of methoxy groups -OCH3 is 1. The Morgan fingerprint density at radius 3 is 2.79 bits per heavy atom. The molecule has 1 unspecified atom stereocenters. The largest absolute Gasteiger partial charge is 0.497 e. The van der Waals surface area contributed by atoms with Crippen LogP contribution in [-0.4, -0.2) is 29.0 Å². The van der Waals surface area contributed by atoms with Crippen LogP contribution in [0, 0.1) is 5.82 Å². The van der Waals surface area contributed by atoms with E-state index in [9.17, 15) is 9.18 Å². The van der Waals surface area contributed by atoms with Crippen LogP contribution in [-0.2, 0) is 0 Å². The van der Waals surface area contributed by atoms with Crippen LogP contribution in [0.15, 0.2) is 18.2 Å². The van der Waals surface area contributed by atoms with Crippen molar-refractivity contribution in [3.8, 4) is 17.0 Å². The Hall–Kier alpha value is -2.94. The van der Waals surface area contributed by atoms with E-state index in [4.69, 9.17) is 16.2 Å². The van der Waals surface area contributed by atoms with E-state index in [0.717, 1.165) is 24.2 Å². The number of ether oxygens (including phenoxy) is 1. The fourth-order valence-corrected chi connectivity index (χ4v) is 3.95. The van der Waals surface area contributed by atoms with E-state index < -0.39 is 11.7 Å². The molecule has 1 atom stereocenters. The van der Waals surface area contributed by atoms with Crippen molar-refractivity contribution in [1.29, 1.82) is 0 Å². The molecule has 2 heterocycles. The number of benzene rings is 1. The van der Waals surface area contributed by atoms with Gasteiger partial charge in [0.15, 0.2) is 0 Å². The number of fused-ring (bicyclic) bond motifs is 1. The van der Waals surface area contributed by atoms with Crippen molar-refractivity contribution in [3.05, 3.63) is 28.9 Å². The Labute approximate surface area is 165 Å². The summed E-state index contributed by atoms with van der Waals surface area (Å²) >= 11 is 1.07. The Morgan fingerprint density at radius 1 is 1.39 bits per heavy atom. The first-order valence-corrected chi connectivity index (χ1v) is 9.67. The number of aromatic nitrogens is 2. The fourth-order valence-electron chi connectivity index (χ4n) is 3.00. The lowest BCUT2D eigenvalue weighted by molar-refractivity contribution is 0.100. The summed E-state index contributed by atoms with van der Waals surface area (Å²) in [6.45, 7) is 4.10. The molecule has 3 rings (SSSR count). The van der Waals surface area contributed by atoms with E-state index in [0.29, 0.717) is 21.9 Å². The lowest BCUT2D eigenvalue weighted by Gasteiger charge is -2.14. The van der Waals surface area contributed by atoms with Crippen molar-refractivity contribution < 1.29 is 13.9 Å². The molecule has 7 nitrogen and oxygen atoms in total. The van der Waals surface area contributed by atoms with E-state index in [1.165, 1.54) is 25.3 Å². The zero-order valence-electron chi connectivity index (χ0n) is 15.9. The summed E-state index contributed by atoms with van der Waals surface area (Å²) in [5.41, 5.74) is 12.2. The number of nitrogens with two attached hydrogens (primary N) is 2. The van der Waals surface area contributed by atoms with Crippen molar-refractivity contribution in [3.63, 3.8) is 0 Å². The molecular formula is C19H22FN5O2S. The minimum atomic E-state index is -0.661. The van der Waals surface area contributed by atoms with Crippen LogP contribution in [0.5, 0.6) is 5.75 Å². The molecule has 0 aliphatic heterocycles. The van der Waals surface area contributed by atoms with Crippen LogP contribution in [0.4, 0.5) is 16.0 Å². The number of nitrogens with zero attached hydrogens (tertiary/aromatic N) is 2. The summed E-state index contributed by atoms with van der Waals surface area (Å²) in [4.78, 5) is 21.4. The van der Waals surface area contributed by atoms with E-state index in [-0.39, 0.29) is 27.9 Å². The minimum absolute atomic E-state index is 0.123. The molecule has 1 aromatic carbocycles. The minimum Gasteiger partial charge on any atom is -0.497 e. The Morgan fingerprint density at radius 2 is 2.14 bits per heavy atom. The van der Waals surface area contributed by atoms with E-state index >= 15 is 0 Å². The summed E-state index contributed by atoms with van der Waals surface area (Å²) in [6, 6.07) is 4.48. The van der Waals surface area contributed by atoms with Gasteiger partial charge < -0.3 is 21.5 Å². The molecule has 0 radical (unpaired) electrons. The number of amides is 1. The average molecular weight is 403 g/mol. The second-order valence-electron chi connectivity index (χ2n) is 6.46. The number of hydrogen-bond donors (Lipinski definition) is 3. The van der Waals surface area contributed by atoms with Crippen LogP contribution in [0.3, 0.4) is 0 Å². The summed E-state index contributed by atoms with van der Waals surface area (Å²) in [6.07, 6.45) is 1.91. The molecule has 5 N–H and O–H groups in total. The highest BCUT2D eigenvalue weighted by Gasteiger charge is 2.23. The number of thiophene rings is 1.